The number of aromatic hydroxyl groups is 1. The number of β-lactam (4-membered cyclic amide) rings is 1. The van der Waals surface area contributed by atoms with Crippen LogP contribution >= 0.6 is 34.9 Å². The van der Waals surface area contributed by atoms with Gasteiger partial charge in [-0.3, -0.25) is 29.2 Å². The first-order valence-corrected chi connectivity index (χ1v) is 16.6. The molecule has 7 N–H and O–H groups in total. The number of urea groups is 1. The van der Waals surface area contributed by atoms with Gasteiger partial charge in [-0.1, -0.05) is 35.2 Å². The molecule has 3 aromatic rings. The van der Waals surface area contributed by atoms with E-state index < -0.39 is 46.8 Å². The van der Waals surface area contributed by atoms with Crippen LogP contribution in [-0.2, 0) is 14.4 Å². The second kappa shape index (κ2) is 13.4. The fourth-order valence-electron chi connectivity index (χ4n) is 4.88. The predicted molar refractivity (Wildman–Crippen MR) is 172 cm³/mol. The number of aromatic nitrogens is 4. The van der Waals surface area contributed by atoms with E-state index in [1.54, 1.807) is 0 Å². The lowest BCUT2D eigenvalue weighted by molar-refractivity contribution is -0.150. The van der Waals surface area contributed by atoms with Crippen LogP contribution in [-0.4, -0.2) is 88.1 Å². The topological polar surface area (TPSA) is 237 Å². The summed E-state index contributed by atoms with van der Waals surface area (Å²) in [4.78, 5) is 74.1. The number of aliphatic carboxylic acids is 1. The van der Waals surface area contributed by atoms with Crippen molar-refractivity contribution in [3.05, 3.63) is 62.7 Å². The maximum atomic E-state index is 13.9. The maximum absolute atomic E-state index is 13.9. The molecular formula is C27H29N9O7S3. The Kier molecular flexibility index (Phi) is 9.54. The Morgan fingerprint density at radius 3 is 2.52 bits per heavy atom. The summed E-state index contributed by atoms with van der Waals surface area (Å²) in [5.41, 5.74) is 5.13. The number of phenolic OH excluding ortho intramolecular Hbond substituents is 1. The highest BCUT2D eigenvalue weighted by molar-refractivity contribution is 8.01. The molecule has 1 aromatic carbocycles. The van der Waals surface area contributed by atoms with Gasteiger partial charge in [0.1, 0.15) is 39.6 Å². The quantitative estimate of drug-likeness (QED) is 0.124. The van der Waals surface area contributed by atoms with Gasteiger partial charge in [-0.2, -0.15) is 0 Å². The molecule has 0 saturated carbocycles. The molecule has 16 nitrogen and oxygen atoms in total. The third-order valence-electron chi connectivity index (χ3n) is 6.84. The fourth-order valence-corrected chi connectivity index (χ4v) is 8.18. The predicted octanol–water partition coefficient (Wildman–Crippen LogP) is 1.61. The number of aromatic amines is 1. The lowest BCUT2D eigenvalue weighted by Gasteiger charge is -2.49. The number of amides is 4. The number of fused-ring (bicyclic) bond motifs is 1. The number of carbonyl (C=O) groups is 4. The number of nitrogens with two attached hydrogens (primary N) is 1. The molecule has 2 aliphatic rings. The summed E-state index contributed by atoms with van der Waals surface area (Å²) >= 11 is 3.97. The van der Waals surface area contributed by atoms with Crippen molar-refractivity contribution in [1.29, 1.82) is 0 Å². The number of thioether (sulfide) groups is 2. The standard InChI is InChI=1S/C27H29N9O7S3/c1-11(2)30-26-29-8-16(20(38)32-26)35(25(28)43)18(13-4-6-15(37)7-5-13)21(39)31-17-22(40)36-19(24(41)42)14(9-44-23(17)36)10-45-27-34-33-12(3)46-27/h4-8,11,17-18,23,37H,9-10H2,1-3H3,(H2,28,43)(H,31,39)(H,41,42)(H2,29,30,32,38)/t17?,18?,23-/m1/s1. The molecular weight excluding hydrogens is 659 g/mol. The van der Waals surface area contributed by atoms with Crippen LogP contribution < -0.4 is 26.8 Å². The van der Waals surface area contributed by atoms with E-state index >= 15 is 0 Å². The van der Waals surface area contributed by atoms with Gasteiger partial charge in [-0.15, -0.1) is 22.0 Å². The van der Waals surface area contributed by atoms with Crippen molar-refractivity contribution in [3.63, 3.8) is 0 Å². The van der Waals surface area contributed by atoms with Gasteiger partial charge in [0.15, 0.2) is 4.34 Å². The van der Waals surface area contributed by atoms with Gasteiger partial charge in [0.2, 0.25) is 11.9 Å². The number of nitrogens with zero attached hydrogens (tertiary/aromatic N) is 5. The molecule has 1 fully saturated rings. The molecule has 2 aliphatic heterocycles. The van der Waals surface area contributed by atoms with Gasteiger partial charge >= 0.3 is 12.0 Å². The Morgan fingerprint density at radius 1 is 1.22 bits per heavy atom. The van der Waals surface area contributed by atoms with Gasteiger partial charge < -0.3 is 26.6 Å². The fraction of sp³-hybridized carbons (Fsp3) is 0.333. The van der Waals surface area contributed by atoms with Crippen LogP contribution in [0.1, 0.15) is 30.5 Å². The van der Waals surface area contributed by atoms with Crippen molar-refractivity contribution in [1.82, 2.24) is 30.4 Å². The second-order valence-electron chi connectivity index (χ2n) is 10.5. The van der Waals surface area contributed by atoms with E-state index in [1.807, 2.05) is 20.8 Å². The number of benzene rings is 1. The van der Waals surface area contributed by atoms with E-state index in [1.165, 1.54) is 59.1 Å². The van der Waals surface area contributed by atoms with Crippen LogP contribution in [0.15, 0.2) is 50.9 Å². The van der Waals surface area contributed by atoms with Gasteiger partial charge in [0, 0.05) is 17.5 Å². The minimum absolute atomic E-state index is 0.0695. The first kappa shape index (κ1) is 32.8. The highest BCUT2D eigenvalue weighted by Gasteiger charge is 2.55. The number of anilines is 2. The number of hydrogen-bond donors (Lipinski definition) is 6. The average molecular weight is 688 g/mol. The molecule has 242 valence electrons. The molecule has 0 radical (unpaired) electrons. The van der Waals surface area contributed by atoms with Crippen LogP contribution in [0.3, 0.4) is 0 Å². The summed E-state index contributed by atoms with van der Waals surface area (Å²) in [6, 6.07) is 1.35. The Morgan fingerprint density at radius 2 is 1.93 bits per heavy atom. The number of nitrogens with one attached hydrogen (secondary N) is 3. The molecule has 2 unspecified atom stereocenters. The van der Waals surface area contributed by atoms with E-state index in [0.717, 1.165) is 21.0 Å². The number of carboxylic acids is 1. The highest BCUT2D eigenvalue weighted by atomic mass is 32.2. The zero-order valence-corrected chi connectivity index (χ0v) is 27.0. The van der Waals surface area contributed by atoms with E-state index in [4.69, 9.17) is 5.73 Å². The zero-order chi connectivity index (χ0) is 33.3. The summed E-state index contributed by atoms with van der Waals surface area (Å²) in [6.07, 6.45) is 1.09. The van der Waals surface area contributed by atoms with Crippen molar-refractivity contribution < 1.29 is 29.4 Å². The minimum Gasteiger partial charge on any atom is -0.508 e. The van der Waals surface area contributed by atoms with E-state index in [9.17, 15) is 34.2 Å². The van der Waals surface area contributed by atoms with E-state index in [2.05, 4.69) is 30.8 Å². The molecule has 3 atom stereocenters. The normalized spacial score (nSPS) is 18.1. The Hall–Kier alpha value is -4.62. The van der Waals surface area contributed by atoms with Crippen molar-refractivity contribution in [2.45, 2.75) is 48.6 Å². The lowest BCUT2D eigenvalue weighted by Crippen LogP contribution is -2.71. The zero-order valence-electron chi connectivity index (χ0n) is 24.6. The summed E-state index contributed by atoms with van der Waals surface area (Å²) in [7, 11) is 0. The molecule has 2 aromatic heterocycles. The SMILES string of the molecule is Cc1nnc(SCC2=C(C(=O)O)N3C(=O)C(NC(=O)C(c4ccc(O)cc4)N(C(N)=O)c4cnc(NC(C)C)[nH]c4=O)[C@H]3SC2)s1. The van der Waals surface area contributed by atoms with Gasteiger partial charge in [0.05, 0.1) is 6.20 Å². The monoisotopic (exact) mass is 687 g/mol. The molecule has 1 saturated heterocycles. The third-order valence-corrected chi connectivity index (χ3v) is 10.2. The minimum atomic E-state index is -1.57. The number of primary amides is 1. The van der Waals surface area contributed by atoms with E-state index in [-0.39, 0.29) is 46.2 Å². The van der Waals surface area contributed by atoms with Crippen LogP contribution in [0, 0.1) is 6.92 Å². The average Bonchev–Trinajstić information content (AvgIpc) is 3.42. The molecule has 4 amide bonds. The Balaban J connectivity index is 1.42. The molecule has 0 spiro atoms. The van der Waals surface area contributed by atoms with Crippen molar-refractivity contribution >= 4 is 70.3 Å². The molecule has 0 bridgehead atoms. The van der Waals surface area contributed by atoms with Gasteiger partial charge in [0.25, 0.3) is 11.5 Å². The van der Waals surface area contributed by atoms with Crippen LogP contribution in [0.25, 0.3) is 0 Å². The molecule has 0 aliphatic carbocycles. The Labute approximate surface area is 273 Å². The number of carboxylic acid groups (broad SMARTS) is 1. The number of hydrogen-bond acceptors (Lipinski definition) is 13. The molecule has 4 heterocycles. The maximum Gasteiger partial charge on any atom is 0.352 e. The number of rotatable bonds is 11. The van der Waals surface area contributed by atoms with Crippen LogP contribution in [0.4, 0.5) is 16.4 Å². The van der Waals surface area contributed by atoms with Gasteiger partial charge in [-0.05, 0) is 44.0 Å². The molecule has 46 heavy (non-hydrogen) atoms. The summed E-state index contributed by atoms with van der Waals surface area (Å²) in [5.74, 6) is -2.25. The number of H-pyrrole nitrogens is 1. The summed E-state index contributed by atoms with van der Waals surface area (Å²) in [6.45, 7) is 5.47. The van der Waals surface area contributed by atoms with Crippen LogP contribution in [0.5, 0.6) is 5.75 Å². The van der Waals surface area contributed by atoms with Crippen molar-refractivity contribution in [2.24, 2.45) is 5.73 Å². The first-order chi connectivity index (χ1) is 21.8. The first-order valence-electron chi connectivity index (χ1n) is 13.7. The summed E-state index contributed by atoms with van der Waals surface area (Å²) < 4.78 is 0.668. The highest BCUT2D eigenvalue weighted by Crippen LogP contribution is 2.42. The summed E-state index contributed by atoms with van der Waals surface area (Å²) in [5, 5.41) is 33.5. The second-order valence-corrected chi connectivity index (χ2v) is 14.0. The third kappa shape index (κ3) is 6.65. The van der Waals surface area contributed by atoms with Crippen LogP contribution in [0.2, 0.25) is 0 Å². The van der Waals surface area contributed by atoms with Crippen molar-refractivity contribution in [3.8, 4) is 5.75 Å². The van der Waals surface area contributed by atoms with Crippen molar-refractivity contribution in [2.75, 3.05) is 21.7 Å². The number of carbonyl (C=O) groups excluding carboxylic acids is 3. The largest absolute Gasteiger partial charge is 0.508 e. The molecule has 5 rings (SSSR count). The number of phenols is 1. The molecule has 19 heteroatoms. The van der Waals surface area contributed by atoms with Gasteiger partial charge in [-0.25, -0.2) is 14.6 Å². The lowest BCUT2D eigenvalue weighted by atomic mass is 10.00. The Bertz CT molecular complexity index is 1780. The smallest absolute Gasteiger partial charge is 0.352 e. The van der Waals surface area contributed by atoms with E-state index in [0.29, 0.717) is 9.91 Å². The number of aryl methyl sites for hydroxylation is 1.